The zero-order valence-electron chi connectivity index (χ0n) is 15.9. The molecule has 1 fully saturated rings. The van der Waals surface area contributed by atoms with E-state index in [4.69, 9.17) is 5.73 Å². The molecule has 6 nitrogen and oxygen atoms in total. The number of carbonyl (C=O) groups is 1. The normalized spacial score (nSPS) is 17.0. The van der Waals surface area contributed by atoms with E-state index in [-0.39, 0.29) is 5.91 Å². The van der Waals surface area contributed by atoms with Gasteiger partial charge in [0.05, 0.1) is 5.69 Å². The Hall–Kier alpha value is -2.48. The van der Waals surface area contributed by atoms with Gasteiger partial charge >= 0.3 is 0 Å². The third-order valence-corrected chi connectivity index (χ3v) is 6.18. The van der Waals surface area contributed by atoms with Gasteiger partial charge in [0.1, 0.15) is 9.71 Å². The van der Waals surface area contributed by atoms with E-state index in [9.17, 15) is 4.79 Å². The molecule has 0 spiro atoms. The topological polar surface area (TPSA) is 92.1 Å². The molecule has 7 heteroatoms. The highest BCUT2D eigenvalue weighted by molar-refractivity contribution is 7.21. The number of fused-ring (bicyclic) bond motifs is 1. The Bertz CT molecular complexity index is 976. The summed E-state index contributed by atoms with van der Waals surface area (Å²) in [5.74, 6) is -0.132. The number of nitrogens with zero attached hydrogens (tertiary/aromatic N) is 1. The molecular formula is C21H25N5OS. The predicted molar refractivity (Wildman–Crippen MR) is 115 cm³/mol. The SMILES string of the molecule is Cc1ccc2c(N)c(C(=O)NCCc3ccc(C4CNCCN4)cc3)sc2n1. The minimum atomic E-state index is -0.132. The number of aromatic nitrogens is 1. The van der Waals surface area contributed by atoms with Crippen molar-refractivity contribution in [2.45, 2.75) is 19.4 Å². The van der Waals surface area contributed by atoms with Crippen molar-refractivity contribution in [1.82, 2.24) is 20.9 Å². The van der Waals surface area contributed by atoms with E-state index in [0.717, 1.165) is 42.0 Å². The van der Waals surface area contributed by atoms with Crippen LogP contribution in [0.1, 0.15) is 32.5 Å². The largest absolute Gasteiger partial charge is 0.397 e. The molecule has 1 aromatic carbocycles. The van der Waals surface area contributed by atoms with Crippen LogP contribution in [-0.2, 0) is 6.42 Å². The fraction of sp³-hybridized carbons (Fsp3) is 0.333. The molecule has 0 aliphatic carbocycles. The molecule has 0 radical (unpaired) electrons. The van der Waals surface area contributed by atoms with E-state index in [2.05, 4.69) is 45.2 Å². The lowest BCUT2D eigenvalue weighted by atomic mass is 10.0. The summed E-state index contributed by atoms with van der Waals surface area (Å²) in [7, 11) is 0. The van der Waals surface area contributed by atoms with Gasteiger partial charge in [-0.2, -0.15) is 0 Å². The van der Waals surface area contributed by atoms with Crippen LogP contribution in [0.4, 0.5) is 5.69 Å². The number of rotatable bonds is 5. The molecule has 2 aromatic heterocycles. The minimum absolute atomic E-state index is 0.132. The van der Waals surface area contributed by atoms with Gasteiger partial charge in [-0.05, 0) is 36.6 Å². The zero-order valence-corrected chi connectivity index (χ0v) is 16.7. The van der Waals surface area contributed by atoms with Gasteiger partial charge in [-0.1, -0.05) is 24.3 Å². The molecule has 3 aromatic rings. The highest BCUT2D eigenvalue weighted by Crippen LogP contribution is 2.32. The highest BCUT2D eigenvalue weighted by atomic mass is 32.1. The van der Waals surface area contributed by atoms with Gasteiger partial charge in [0.2, 0.25) is 0 Å². The number of hydrogen-bond donors (Lipinski definition) is 4. The molecule has 3 heterocycles. The highest BCUT2D eigenvalue weighted by Gasteiger charge is 2.17. The fourth-order valence-corrected chi connectivity index (χ4v) is 4.52. The van der Waals surface area contributed by atoms with Crippen LogP contribution >= 0.6 is 11.3 Å². The molecule has 1 unspecified atom stereocenters. The third kappa shape index (κ3) is 4.01. The Balaban J connectivity index is 1.34. The number of amides is 1. The lowest BCUT2D eigenvalue weighted by Crippen LogP contribution is -2.42. The van der Waals surface area contributed by atoms with Gasteiger partial charge in [-0.25, -0.2) is 4.98 Å². The van der Waals surface area contributed by atoms with Gasteiger partial charge in [-0.3, -0.25) is 4.79 Å². The molecule has 1 aliphatic rings. The van der Waals surface area contributed by atoms with Crippen LogP contribution in [0.3, 0.4) is 0 Å². The maximum Gasteiger partial charge on any atom is 0.263 e. The van der Waals surface area contributed by atoms with Crippen molar-refractivity contribution in [3.63, 3.8) is 0 Å². The van der Waals surface area contributed by atoms with Gasteiger partial charge in [0.25, 0.3) is 5.91 Å². The number of aryl methyl sites for hydroxylation is 1. The van der Waals surface area contributed by atoms with Gasteiger partial charge in [0, 0.05) is 43.3 Å². The molecule has 0 saturated carbocycles. The number of hydrogen-bond acceptors (Lipinski definition) is 6. The quantitative estimate of drug-likeness (QED) is 0.532. The van der Waals surface area contributed by atoms with E-state index >= 15 is 0 Å². The first-order chi connectivity index (χ1) is 13.6. The van der Waals surface area contributed by atoms with Crippen LogP contribution in [0.5, 0.6) is 0 Å². The smallest absolute Gasteiger partial charge is 0.263 e. The van der Waals surface area contributed by atoms with Crippen molar-refractivity contribution in [1.29, 1.82) is 0 Å². The summed E-state index contributed by atoms with van der Waals surface area (Å²) in [4.78, 5) is 18.4. The first kappa shape index (κ1) is 18.9. The summed E-state index contributed by atoms with van der Waals surface area (Å²) in [6.07, 6.45) is 0.782. The van der Waals surface area contributed by atoms with Crippen LogP contribution in [0.15, 0.2) is 36.4 Å². The Morgan fingerprint density at radius 2 is 2.07 bits per heavy atom. The van der Waals surface area contributed by atoms with E-state index < -0.39 is 0 Å². The number of benzene rings is 1. The molecule has 5 N–H and O–H groups in total. The van der Waals surface area contributed by atoms with Crippen molar-refractivity contribution < 1.29 is 4.79 Å². The zero-order chi connectivity index (χ0) is 19.5. The van der Waals surface area contributed by atoms with E-state index in [1.165, 1.54) is 22.5 Å². The molecule has 0 bridgehead atoms. The summed E-state index contributed by atoms with van der Waals surface area (Å²) in [5, 5.41) is 10.8. The summed E-state index contributed by atoms with van der Waals surface area (Å²) >= 11 is 1.35. The van der Waals surface area contributed by atoms with E-state index in [1.54, 1.807) is 0 Å². The van der Waals surface area contributed by atoms with Crippen LogP contribution < -0.4 is 21.7 Å². The van der Waals surface area contributed by atoms with E-state index in [0.29, 0.717) is 23.2 Å². The average molecular weight is 396 g/mol. The van der Waals surface area contributed by atoms with Crippen molar-refractivity contribution in [3.05, 3.63) is 58.1 Å². The number of nitrogens with two attached hydrogens (primary N) is 1. The first-order valence-electron chi connectivity index (χ1n) is 9.58. The van der Waals surface area contributed by atoms with Crippen LogP contribution in [-0.4, -0.2) is 37.1 Å². The number of pyridine rings is 1. The second-order valence-corrected chi connectivity index (χ2v) is 8.11. The van der Waals surface area contributed by atoms with Crippen molar-refractivity contribution >= 4 is 33.1 Å². The second kappa shape index (κ2) is 8.26. The summed E-state index contributed by atoms with van der Waals surface area (Å²) in [6.45, 7) is 5.48. The van der Waals surface area contributed by atoms with Crippen molar-refractivity contribution in [3.8, 4) is 0 Å². The lowest BCUT2D eigenvalue weighted by molar-refractivity contribution is 0.0959. The Morgan fingerprint density at radius 3 is 2.82 bits per heavy atom. The number of anilines is 1. The summed E-state index contributed by atoms with van der Waals surface area (Å²) in [5.41, 5.74) is 10.1. The maximum atomic E-state index is 12.5. The molecule has 4 rings (SSSR count). The standard InChI is InChI=1S/C21H25N5OS/c1-13-2-7-16-18(22)19(28-21(16)26-13)20(27)25-9-8-14-3-5-15(6-4-14)17-12-23-10-11-24-17/h2-7,17,23-24H,8-12,22H2,1H3,(H,25,27). The lowest BCUT2D eigenvalue weighted by Gasteiger charge is -2.25. The summed E-state index contributed by atoms with van der Waals surface area (Å²) in [6, 6.07) is 12.8. The molecule has 146 valence electrons. The monoisotopic (exact) mass is 395 g/mol. The average Bonchev–Trinajstić information content (AvgIpc) is 3.05. The van der Waals surface area contributed by atoms with Gasteiger partial charge < -0.3 is 21.7 Å². The van der Waals surface area contributed by atoms with Crippen LogP contribution in [0.2, 0.25) is 0 Å². The maximum absolute atomic E-state index is 12.5. The Morgan fingerprint density at radius 1 is 1.25 bits per heavy atom. The third-order valence-electron chi connectivity index (χ3n) is 5.06. The minimum Gasteiger partial charge on any atom is -0.397 e. The van der Waals surface area contributed by atoms with Crippen molar-refractivity contribution in [2.75, 3.05) is 31.9 Å². The molecule has 1 atom stereocenters. The van der Waals surface area contributed by atoms with Gasteiger partial charge in [0.15, 0.2) is 0 Å². The van der Waals surface area contributed by atoms with Crippen LogP contribution in [0.25, 0.3) is 10.2 Å². The van der Waals surface area contributed by atoms with Crippen LogP contribution in [0, 0.1) is 6.92 Å². The molecule has 1 saturated heterocycles. The van der Waals surface area contributed by atoms with E-state index in [1.807, 2.05) is 19.1 Å². The Kier molecular flexibility index (Phi) is 5.57. The molecule has 1 amide bonds. The second-order valence-electron chi connectivity index (χ2n) is 7.11. The number of nitrogen functional groups attached to an aromatic ring is 1. The molecule has 1 aliphatic heterocycles. The van der Waals surface area contributed by atoms with Gasteiger partial charge in [-0.15, -0.1) is 11.3 Å². The molecular weight excluding hydrogens is 370 g/mol. The number of piperazine rings is 1. The first-order valence-corrected chi connectivity index (χ1v) is 10.4. The predicted octanol–water partition coefficient (Wildman–Crippen LogP) is 2.39. The summed E-state index contributed by atoms with van der Waals surface area (Å²) < 4.78 is 0. The van der Waals surface area contributed by atoms with Crippen molar-refractivity contribution in [2.24, 2.45) is 0 Å². The number of carbonyl (C=O) groups excluding carboxylic acids is 1. The Labute approximate surface area is 168 Å². The number of nitrogens with one attached hydrogen (secondary N) is 3. The number of thiophene rings is 1. The molecule has 28 heavy (non-hydrogen) atoms. The fourth-order valence-electron chi connectivity index (χ4n) is 3.46.